The lowest BCUT2D eigenvalue weighted by atomic mass is 10.0. The summed E-state index contributed by atoms with van der Waals surface area (Å²) in [5, 5.41) is -0.114. The maximum absolute atomic E-state index is 6.54. The van der Waals surface area contributed by atoms with Gasteiger partial charge in [0.25, 0.3) is 0 Å². The average molecular weight is 435 g/mol. The normalized spacial score (nSPS) is 12.0. The monoisotopic (exact) mass is 432 g/mol. The van der Waals surface area contributed by atoms with Gasteiger partial charge < -0.3 is 9.47 Å². The van der Waals surface area contributed by atoms with E-state index in [1.165, 1.54) is 0 Å². The van der Waals surface area contributed by atoms with Gasteiger partial charge in [-0.05, 0) is 47.9 Å². The van der Waals surface area contributed by atoms with Crippen molar-refractivity contribution in [1.82, 2.24) is 0 Å². The summed E-state index contributed by atoms with van der Waals surface area (Å²) in [6.07, 6.45) is 0.713. The number of hydrogen-bond acceptors (Lipinski definition) is 2. The molecule has 0 heterocycles. The molecule has 2 rings (SSSR count). The molecule has 0 spiro atoms. The van der Waals surface area contributed by atoms with Crippen LogP contribution in [0.5, 0.6) is 11.5 Å². The van der Waals surface area contributed by atoms with E-state index in [0.717, 1.165) is 25.8 Å². The first-order valence-electron chi connectivity index (χ1n) is 6.34. The van der Waals surface area contributed by atoms with Crippen LogP contribution in [-0.4, -0.2) is 14.2 Å². The van der Waals surface area contributed by atoms with Crippen LogP contribution in [0.3, 0.4) is 0 Å². The predicted octanol–water partition coefficient (Wildman–Crippen LogP) is 5.75. The third kappa shape index (κ3) is 4.38. The van der Waals surface area contributed by atoms with Crippen molar-refractivity contribution in [1.29, 1.82) is 0 Å². The van der Waals surface area contributed by atoms with E-state index in [4.69, 9.17) is 21.1 Å². The first-order valence-corrected chi connectivity index (χ1v) is 8.36. The number of methoxy groups -OCH3 is 2. The van der Waals surface area contributed by atoms with Crippen LogP contribution in [0, 0.1) is 0 Å². The molecule has 0 fully saturated rings. The number of benzene rings is 2. The highest BCUT2D eigenvalue weighted by Gasteiger charge is 2.12. The molecule has 0 aliphatic heterocycles. The molecule has 0 aromatic heterocycles. The third-order valence-electron chi connectivity index (χ3n) is 3.11. The zero-order chi connectivity index (χ0) is 15.4. The molecule has 0 N–H and O–H groups in total. The largest absolute Gasteiger partial charge is 0.493 e. The van der Waals surface area contributed by atoms with Crippen molar-refractivity contribution in [3.8, 4) is 11.5 Å². The summed E-state index contributed by atoms with van der Waals surface area (Å²) in [5.74, 6) is 1.44. The molecule has 2 nitrogen and oxygen atoms in total. The van der Waals surface area contributed by atoms with Gasteiger partial charge in [-0.2, -0.15) is 0 Å². The zero-order valence-electron chi connectivity index (χ0n) is 11.7. The van der Waals surface area contributed by atoms with Crippen LogP contribution in [0.25, 0.3) is 0 Å². The average Bonchev–Trinajstić information content (AvgIpc) is 2.46. The van der Waals surface area contributed by atoms with Crippen molar-refractivity contribution in [2.75, 3.05) is 14.2 Å². The Bertz CT molecular complexity index is 611. The predicted molar refractivity (Wildman–Crippen MR) is 93.7 cm³/mol. The van der Waals surface area contributed by atoms with Crippen LogP contribution < -0.4 is 9.47 Å². The Balaban J connectivity index is 2.20. The molecule has 0 bridgehead atoms. The fourth-order valence-corrected chi connectivity index (χ4v) is 3.72. The van der Waals surface area contributed by atoms with Gasteiger partial charge in [-0.15, -0.1) is 11.6 Å². The van der Waals surface area contributed by atoms with Crippen molar-refractivity contribution in [3.05, 3.63) is 56.5 Å². The maximum Gasteiger partial charge on any atom is 0.160 e. The number of halogens is 3. The first kappa shape index (κ1) is 16.7. The minimum Gasteiger partial charge on any atom is -0.493 e. The fourth-order valence-electron chi connectivity index (χ4n) is 2.09. The lowest BCUT2D eigenvalue weighted by molar-refractivity contribution is 0.354. The van der Waals surface area contributed by atoms with Crippen LogP contribution in [0.1, 0.15) is 16.5 Å². The topological polar surface area (TPSA) is 18.5 Å². The second-order valence-electron chi connectivity index (χ2n) is 4.56. The molecular weight excluding hydrogens is 419 g/mol. The van der Waals surface area contributed by atoms with Gasteiger partial charge in [-0.3, -0.25) is 0 Å². The van der Waals surface area contributed by atoms with E-state index in [1.54, 1.807) is 14.2 Å². The lowest BCUT2D eigenvalue weighted by Crippen LogP contribution is -1.98. The van der Waals surface area contributed by atoms with E-state index in [0.29, 0.717) is 12.2 Å². The quantitative estimate of drug-likeness (QED) is 0.558. The van der Waals surface area contributed by atoms with Crippen LogP contribution in [0.2, 0.25) is 0 Å². The van der Waals surface area contributed by atoms with Crippen LogP contribution in [-0.2, 0) is 6.42 Å². The van der Waals surface area contributed by atoms with Crippen molar-refractivity contribution in [3.63, 3.8) is 0 Å². The van der Waals surface area contributed by atoms with Gasteiger partial charge in [-0.1, -0.05) is 37.9 Å². The highest BCUT2D eigenvalue weighted by molar-refractivity contribution is 9.11. The van der Waals surface area contributed by atoms with Crippen LogP contribution >= 0.6 is 43.5 Å². The van der Waals surface area contributed by atoms with Gasteiger partial charge in [0.1, 0.15) is 0 Å². The number of alkyl halides is 1. The van der Waals surface area contributed by atoms with E-state index >= 15 is 0 Å². The van der Waals surface area contributed by atoms with Gasteiger partial charge in [0.15, 0.2) is 11.5 Å². The highest BCUT2D eigenvalue weighted by atomic mass is 79.9. The molecule has 2 aromatic carbocycles. The molecule has 0 radical (unpaired) electrons. The summed E-state index contributed by atoms with van der Waals surface area (Å²) in [5.41, 5.74) is 2.16. The highest BCUT2D eigenvalue weighted by Crippen LogP contribution is 2.33. The second kappa shape index (κ2) is 7.52. The van der Waals surface area contributed by atoms with Crippen molar-refractivity contribution in [2.24, 2.45) is 0 Å². The molecule has 0 saturated heterocycles. The van der Waals surface area contributed by atoms with E-state index in [9.17, 15) is 0 Å². The molecule has 112 valence electrons. The molecule has 0 saturated carbocycles. The third-order valence-corrected chi connectivity index (χ3v) is 4.43. The Morgan fingerprint density at radius 1 is 0.952 bits per heavy atom. The van der Waals surface area contributed by atoms with Crippen molar-refractivity contribution >= 4 is 43.5 Å². The second-order valence-corrected chi connectivity index (χ2v) is 6.92. The molecule has 1 atom stereocenters. The molecule has 2 aromatic rings. The molecule has 0 aliphatic rings. The standard InChI is InChI=1S/C16H15Br2ClO2/c1-20-15-4-3-10(6-16(15)21-2)5-14(19)11-7-12(17)9-13(18)8-11/h3-4,6-9,14H,5H2,1-2H3. The van der Waals surface area contributed by atoms with Crippen molar-refractivity contribution in [2.45, 2.75) is 11.8 Å². The van der Waals surface area contributed by atoms with Gasteiger partial charge in [0.05, 0.1) is 19.6 Å². The number of ether oxygens (including phenoxy) is 2. The van der Waals surface area contributed by atoms with Crippen LogP contribution in [0.15, 0.2) is 45.3 Å². The first-order chi connectivity index (χ1) is 10.0. The van der Waals surface area contributed by atoms with E-state index in [1.807, 2.05) is 36.4 Å². The van der Waals surface area contributed by atoms with Gasteiger partial charge in [0.2, 0.25) is 0 Å². The molecule has 21 heavy (non-hydrogen) atoms. The minimum atomic E-state index is -0.114. The fraction of sp³-hybridized carbons (Fsp3) is 0.250. The lowest BCUT2D eigenvalue weighted by Gasteiger charge is -2.13. The molecule has 0 aliphatic carbocycles. The van der Waals surface area contributed by atoms with Gasteiger partial charge in [0, 0.05) is 8.95 Å². The molecular formula is C16H15Br2ClO2. The SMILES string of the molecule is COc1ccc(CC(Cl)c2cc(Br)cc(Br)c2)cc1OC. The molecule has 5 heteroatoms. The van der Waals surface area contributed by atoms with E-state index < -0.39 is 0 Å². The minimum absolute atomic E-state index is 0.114. The van der Waals surface area contributed by atoms with E-state index in [-0.39, 0.29) is 5.38 Å². The van der Waals surface area contributed by atoms with E-state index in [2.05, 4.69) is 31.9 Å². The maximum atomic E-state index is 6.54. The number of rotatable bonds is 5. The van der Waals surface area contributed by atoms with Gasteiger partial charge in [-0.25, -0.2) is 0 Å². The summed E-state index contributed by atoms with van der Waals surface area (Å²) < 4.78 is 12.6. The summed E-state index contributed by atoms with van der Waals surface area (Å²) >= 11 is 13.5. The summed E-state index contributed by atoms with van der Waals surface area (Å²) in [6.45, 7) is 0. The smallest absolute Gasteiger partial charge is 0.160 e. The Hall–Kier alpha value is -0.710. The summed E-state index contributed by atoms with van der Waals surface area (Å²) in [6, 6.07) is 11.9. The van der Waals surface area contributed by atoms with Crippen molar-refractivity contribution < 1.29 is 9.47 Å². The Morgan fingerprint density at radius 2 is 1.57 bits per heavy atom. The zero-order valence-corrected chi connectivity index (χ0v) is 15.6. The number of hydrogen-bond donors (Lipinski definition) is 0. The molecule has 0 amide bonds. The Morgan fingerprint density at radius 3 is 2.14 bits per heavy atom. The Kier molecular flexibility index (Phi) is 5.97. The molecule has 1 unspecified atom stereocenters. The Labute approximate surface area is 146 Å². The summed E-state index contributed by atoms with van der Waals surface area (Å²) in [4.78, 5) is 0. The van der Waals surface area contributed by atoms with Crippen LogP contribution in [0.4, 0.5) is 0 Å². The van der Waals surface area contributed by atoms with Gasteiger partial charge >= 0.3 is 0 Å². The summed E-state index contributed by atoms with van der Waals surface area (Å²) in [7, 11) is 3.26.